The molecule has 5 rings (SSSR count). The first-order valence-electron chi connectivity index (χ1n) is 13.1. The molecule has 214 valence electrons. The van der Waals surface area contributed by atoms with Crippen LogP contribution >= 0.6 is 0 Å². The van der Waals surface area contributed by atoms with Gasteiger partial charge in [0.05, 0.1) is 0 Å². The van der Waals surface area contributed by atoms with Gasteiger partial charge in [-0.25, -0.2) is 9.59 Å². The molecule has 8 nitrogen and oxygen atoms in total. The van der Waals surface area contributed by atoms with E-state index in [4.69, 9.17) is 4.74 Å². The standard InChI is InChI=1S/C30H28F3N3O5/c31-30(32,33)25(26(37)35-29(27(38)39)14-15-36(18-29)16-19-8-2-1-3-9-19)34-28(40)41-17-24-22-12-6-4-10-20(22)21-11-5-7-13-23(21)24/h1-13,24-25H,14-18H2,(H,34,40)(H,35,37)(H,38,39). The Hall–Kier alpha value is -4.38. The first-order valence-corrected chi connectivity index (χ1v) is 13.1. The fraction of sp³-hybridized carbons (Fsp3) is 0.300. The van der Waals surface area contributed by atoms with E-state index in [9.17, 15) is 32.7 Å². The second-order valence-electron chi connectivity index (χ2n) is 10.3. The predicted octanol–water partition coefficient (Wildman–Crippen LogP) is 4.30. The number of likely N-dealkylation sites (tertiary alicyclic amines) is 1. The monoisotopic (exact) mass is 567 g/mol. The number of nitrogens with zero attached hydrogens (tertiary/aromatic N) is 1. The van der Waals surface area contributed by atoms with E-state index in [1.54, 1.807) is 10.2 Å². The van der Waals surface area contributed by atoms with E-state index in [0.717, 1.165) is 27.8 Å². The maximum atomic E-state index is 13.9. The van der Waals surface area contributed by atoms with Crippen molar-refractivity contribution in [2.75, 3.05) is 19.7 Å². The van der Waals surface area contributed by atoms with Crippen LogP contribution in [0.3, 0.4) is 0 Å². The van der Waals surface area contributed by atoms with Crippen LogP contribution in [0.15, 0.2) is 78.9 Å². The summed E-state index contributed by atoms with van der Waals surface area (Å²) in [6.45, 7) is 0.169. The topological polar surface area (TPSA) is 108 Å². The van der Waals surface area contributed by atoms with Crippen LogP contribution in [-0.4, -0.2) is 65.4 Å². The Morgan fingerprint density at radius 1 is 0.951 bits per heavy atom. The fourth-order valence-electron chi connectivity index (χ4n) is 5.56. The summed E-state index contributed by atoms with van der Waals surface area (Å²) in [5, 5.41) is 13.6. The number of carbonyl (C=O) groups excluding carboxylic acids is 2. The Labute approximate surface area is 234 Å². The van der Waals surface area contributed by atoms with Gasteiger partial charge in [0.1, 0.15) is 6.61 Å². The molecule has 1 aliphatic carbocycles. The Balaban J connectivity index is 1.25. The van der Waals surface area contributed by atoms with Crippen LogP contribution in [0.2, 0.25) is 0 Å². The predicted molar refractivity (Wildman–Crippen MR) is 143 cm³/mol. The van der Waals surface area contributed by atoms with Gasteiger partial charge in [0, 0.05) is 25.6 Å². The van der Waals surface area contributed by atoms with Gasteiger partial charge in [0.2, 0.25) is 6.04 Å². The van der Waals surface area contributed by atoms with Crippen molar-refractivity contribution in [1.82, 2.24) is 15.5 Å². The molecule has 3 aromatic rings. The second kappa shape index (κ2) is 11.2. The molecule has 3 N–H and O–H groups in total. The molecule has 0 spiro atoms. The van der Waals surface area contributed by atoms with Crippen LogP contribution in [0.1, 0.15) is 29.0 Å². The third kappa shape index (κ3) is 5.90. The van der Waals surface area contributed by atoms with E-state index in [0.29, 0.717) is 6.54 Å². The molecular formula is C30H28F3N3O5. The summed E-state index contributed by atoms with van der Waals surface area (Å²) in [7, 11) is 0. The summed E-state index contributed by atoms with van der Waals surface area (Å²) in [5.74, 6) is -3.52. The van der Waals surface area contributed by atoms with Gasteiger partial charge in [-0.05, 0) is 34.2 Å². The van der Waals surface area contributed by atoms with Gasteiger partial charge in [-0.1, -0.05) is 78.9 Å². The number of alkyl carbamates (subject to hydrolysis) is 1. The number of rotatable bonds is 8. The number of nitrogens with one attached hydrogen (secondary N) is 2. The van der Waals surface area contributed by atoms with Crippen molar-refractivity contribution in [3.63, 3.8) is 0 Å². The Kier molecular flexibility index (Phi) is 7.72. The molecule has 2 unspecified atom stereocenters. The van der Waals surface area contributed by atoms with Crippen LogP contribution in [0, 0.1) is 0 Å². The van der Waals surface area contributed by atoms with Crippen LogP contribution in [0.5, 0.6) is 0 Å². The van der Waals surface area contributed by atoms with Gasteiger partial charge in [-0.3, -0.25) is 9.69 Å². The summed E-state index contributed by atoms with van der Waals surface area (Å²) >= 11 is 0. The zero-order chi connectivity index (χ0) is 29.2. The number of amides is 2. The zero-order valence-electron chi connectivity index (χ0n) is 21.9. The minimum Gasteiger partial charge on any atom is -0.479 e. The highest BCUT2D eigenvalue weighted by Gasteiger charge is 2.52. The molecule has 2 atom stereocenters. The van der Waals surface area contributed by atoms with E-state index in [1.807, 2.05) is 78.9 Å². The van der Waals surface area contributed by atoms with E-state index < -0.39 is 41.6 Å². The van der Waals surface area contributed by atoms with Crippen LogP contribution in [0.25, 0.3) is 11.1 Å². The van der Waals surface area contributed by atoms with Gasteiger partial charge < -0.3 is 20.5 Å². The van der Waals surface area contributed by atoms with Crippen molar-refractivity contribution in [3.05, 3.63) is 95.6 Å². The summed E-state index contributed by atoms with van der Waals surface area (Å²) in [5.41, 5.74) is 2.58. The first-order chi connectivity index (χ1) is 19.6. The molecule has 1 saturated heterocycles. The SMILES string of the molecule is O=C(NC(C(=O)NC1(C(=O)O)CCN(Cc2ccccc2)C1)C(F)(F)F)OCC1c2ccccc2-c2ccccc21. The number of halogens is 3. The summed E-state index contributed by atoms with van der Waals surface area (Å²) < 4.78 is 47.0. The van der Waals surface area contributed by atoms with Crippen LogP contribution < -0.4 is 10.6 Å². The molecule has 0 bridgehead atoms. The third-order valence-electron chi connectivity index (χ3n) is 7.56. The average Bonchev–Trinajstić information content (AvgIpc) is 3.50. The van der Waals surface area contributed by atoms with E-state index in [-0.39, 0.29) is 26.1 Å². The third-order valence-corrected chi connectivity index (χ3v) is 7.56. The summed E-state index contributed by atoms with van der Waals surface area (Å²) in [6, 6.07) is 21.1. The van der Waals surface area contributed by atoms with E-state index in [2.05, 4.69) is 5.32 Å². The molecule has 41 heavy (non-hydrogen) atoms. The molecule has 2 amide bonds. The molecule has 1 heterocycles. The van der Waals surface area contributed by atoms with Gasteiger partial charge in [-0.15, -0.1) is 0 Å². The number of hydrogen-bond acceptors (Lipinski definition) is 5. The largest absolute Gasteiger partial charge is 0.479 e. The number of fused-ring (bicyclic) bond motifs is 3. The first kappa shape index (κ1) is 28.2. The molecule has 3 aromatic carbocycles. The fourth-order valence-corrected chi connectivity index (χ4v) is 5.56. The number of benzene rings is 3. The highest BCUT2D eigenvalue weighted by molar-refractivity contribution is 5.92. The number of ether oxygens (including phenoxy) is 1. The van der Waals surface area contributed by atoms with Crippen molar-refractivity contribution in [2.45, 2.75) is 36.6 Å². The van der Waals surface area contributed by atoms with Crippen LogP contribution in [0.4, 0.5) is 18.0 Å². The van der Waals surface area contributed by atoms with E-state index >= 15 is 0 Å². The minimum atomic E-state index is -5.20. The number of carboxylic acid groups (broad SMARTS) is 1. The molecule has 0 radical (unpaired) electrons. The van der Waals surface area contributed by atoms with Crippen molar-refractivity contribution >= 4 is 18.0 Å². The number of aliphatic carboxylic acids is 1. The Morgan fingerprint density at radius 2 is 1.54 bits per heavy atom. The lowest BCUT2D eigenvalue weighted by molar-refractivity contribution is -0.170. The van der Waals surface area contributed by atoms with E-state index in [1.165, 1.54) is 0 Å². The minimum absolute atomic E-state index is 0.101. The van der Waals surface area contributed by atoms with Crippen molar-refractivity contribution in [2.24, 2.45) is 0 Å². The normalized spacial score (nSPS) is 19.2. The highest BCUT2D eigenvalue weighted by atomic mass is 19.4. The van der Waals surface area contributed by atoms with Gasteiger partial charge >= 0.3 is 18.2 Å². The van der Waals surface area contributed by atoms with Crippen molar-refractivity contribution < 1.29 is 37.4 Å². The molecule has 1 fully saturated rings. The number of carboxylic acids is 1. The number of hydrogen-bond donors (Lipinski definition) is 3. The quantitative estimate of drug-likeness (QED) is 0.375. The lowest BCUT2D eigenvalue weighted by atomic mass is 9.98. The molecular weight excluding hydrogens is 539 g/mol. The average molecular weight is 568 g/mol. The van der Waals surface area contributed by atoms with Crippen molar-refractivity contribution in [3.8, 4) is 11.1 Å². The maximum absolute atomic E-state index is 13.9. The maximum Gasteiger partial charge on any atom is 0.417 e. The van der Waals surface area contributed by atoms with Gasteiger partial charge in [0.25, 0.3) is 5.91 Å². The molecule has 11 heteroatoms. The summed E-state index contributed by atoms with van der Waals surface area (Å²) in [6.07, 6.45) is -6.74. The smallest absolute Gasteiger partial charge is 0.417 e. The highest BCUT2D eigenvalue weighted by Crippen LogP contribution is 2.44. The molecule has 0 aromatic heterocycles. The lowest BCUT2D eigenvalue weighted by Gasteiger charge is -2.29. The Morgan fingerprint density at radius 3 is 2.12 bits per heavy atom. The number of carbonyl (C=O) groups is 3. The summed E-state index contributed by atoms with van der Waals surface area (Å²) in [4.78, 5) is 39.3. The Bertz CT molecular complexity index is 1400. The molecule has 2 aliphatic rings. The van der Waals surface area contributed by atoms with Crippen molar-refractivity contribution in [1.29, 1.82) is 0 Å². The lowest BCUT2D eigenvalue weighted by Crippen LogP contribution is -2.63. The zero-order valence-corrected chi connectivity index (χ0v) is 21.9. The second-order valence-corrected chi connectivity index (χ2v) is 10.3. The van der Waals surface area contributed by atoms with Gasteiger partial charge in [-0.2, -0.15) is 13.2 Å². The number of alkyl halides is 3. The van der Waals surface area contributed by atoms with Gasteiger partial charge in [0.15, 0.2) is 5.54 Å². The molecule has 1 aliphatic heterocycles. The molecule has 0 saturated carbocycles. The van der Waals surface area contributed by atoms with Crippen LogP contribution in [-0.2, 0) is 20.9 Å².